The quantitative estimate of drug-likeness (QED) is 0.481. The molecule has 3 rings (SSSR count). The molecule has 31 heavy (non-hydrogen) atoms. The summed E-state index contributed by atoms with van der Waals surface area (Å²) < 4.78 is 37.5. The van der Waals surface area contributed by atoms with E-state index in [9.17, 15) is 18.0 Å². The first-order valence-electron chi connectivity index (χ1n) is 10.8. The van der Waals surface area contributed by atoms with Crippen molar-refractivity contribution in [2.24, 2.45) is 0 Å². The largest absolute Gasteiger partial charge is 0.452 e. The van der Waals surface area contributed by atoms with Crippen LogP contribution >= 0.6 is 0 Å². The zero-order valence-electron chi connectivity index (χ0n) is 17.6. The van der Waals surface area contributed by atoms with Gasteiger partial charge in [0.15, 0.2) is 6.61 Å². The van der Waals surface area contributed by atoms with Gasteiger partial charge >= 0.3 is 5.97 Å². The SMILES string of the molecule is O=C(COC(=O)C=Cc1ccc(S(=O)(=O)N2CCCCCC2)cc1)NCC1CCCO1. The third-order valence-electron chi connectivity index (χ3n) is 5.39. The van der Waals surface area contributed by atoms with E-state index in [-0.39, 0.29) is 23.5 Å². The van der Waals surface area contributed by atoms with Gasteiger partial charge in [0.25, 0.3) is 5.91 Å². The van der Waals surface area contributed by atoms with Crippen LogP contribution in [0.3, 0.4) is 0 Å². The van der Waals surface area contributed by atoms with E-state index in [4.69, 9.17) is 9.47 Å². The maximum atomic E-state index is 12.8. The second-order valence-electron chi connectivity index (χ2n) is 7.77. The van der Waals surface area contributed by atoms with Gasteiger partial charge in [-0.3, -0.25) is 4.79 Å². The average molecular weight is 451 g/mol. The summed E-state index contributed by atoms with van der Waals surface area (Å²) in [6, 6.07) is 6.37. The van der Waals surface area contributed by atoms with Crippen molar-refractivity contribution in [1.29, 1.82) is 0 Å². The van der Waals surface area contributed by atoms with Gasteiger partial charge in [-0.15, -0.1) is 0 Å². The Morgan fingerprint density at radius 2 is 1.81 bits per heavy atom. The van der Waals surface area contributed by atoms with Crippen LogP contribution in [0.5, 0.6) is 0 Å². The van der Waals surface area contributed by atoms with Gasteiger partial charge in [0.05, 0.1) is 11.0 Å². The number of ether oxygens (including phenoxy) is 2. The van der Waals surface area contributed by atoms with E-state index in [1.165, 1.54) is 12.2 Å². The molecule has 0 radical (unpaired) electrons. The Morgan fingerprint density at radius 1 is 1.10 bits per heavy atom. The summed E-state index contributed by atoms with van der Waals surface area (Å²) in [4.78, 5) is 23.8. The molecule has 0 bridgehead atoms. The van der Waals surface area contributed by atoms with Crippen LogP contribution in [0.2, 0.25) is 0 Å². The lowest BCUT2D eigenvalue weighted by Crippen LogP contribution is -2.34. The van der Waals surface area contributed by atoms with E-state index in [0.717, 1.165) is 38.5 Å². The molecule has 170 valence electrons. The van der Waals surface area contributed by atoms with Crippen LogP contribution in [0.4, 0.5) is 0 Å². The van der Waals surface area contributed by atoms with Crippen LogP contribution in [-0.4, -0.2) is 63.6 Å². The Balaban J connectivity index is 1.46. The smallest absolute Gasteiger partial charge is 0.331 e. The summed E-state index contributed by atoms with van der Waals surface area (Å²) in [6.07, 6.45) is 8.56. The highest BCUT2D eigenvalue weighted by Gasteiger charge is 2.24. The molecule has 8 nitrogen and oxygen atoms in total. The zero-order valence-corrected chi connectivity index (χ0v) is 18.4. The molecule has 2 aliphatic rings. The van der Waals surface area contributed by atoms with Gasteiger partial charge in [-0.1, -0.05) is 25.0 Å². The van der Waals surface area contributed by atoms with Crippen molar-refractivity contribution in [2.75, 3.05) is 32.8 Å². The average Bonchev–Trinajstić information content (AvgIpc) is 3.14. The first-order valence-corrected chi connectivity index (χ1v) is 12.2. The minimum absolute atomic E-state index is 0.0330. The van der Waals surface area contributed by atoms with Gasteiger partial charge < -0.3 is 14.8 Å². The summed E-state index contributed by atoms with van der Waals surface area (Å²) >= 11 is 0. The van der Waals surface area contributed by atoms with Crippen molar-refractivity contribution in [2.45, 2.75) is 49.5 Å². The fraction of sp³-hybridized carbons (Fsp3) is 0.545. The number of hydrogen-bond donors (Lipinski definition) is 1. The second kappa shape index (κ2) is 11.4. The van der Waals surface area contributed by atoms with Crippen molar-refractivity contribution in [3.8, 4) is 0 Å². The van der Waals surface area contributed by atoms with E-state index < -0.39 is 16.0 Å². The standard InChI is InChI=1S/C22H30N2O6S/c25-21(23-16-19-6-5-15-29-19)17-30-22(26)12-9-18-7-10-20(11-8-18)31(27,28)24-13-3-1-2-4-14-24/h7-12,19H,1-6,13-17H2,(H,23,25). The first kappa shape index (κ1) is 23.4. The molecule has 9 heteroatoms. The lowest BCUT2D eigenvalue weighted by atomic mass is 10.2. The van der Waals surface area contributed by atoms with Crippen LogP contribution in [0, 0.1) is 0 Å². The third-order valence-corrected chi connectivity index (χ3v) is 7.30. The van der Waals surface area contributed by atoms with Gasteiger partial charge in [0.2, 0.25) is 10.0 Å². The number of hydrogen-bond acceptors (Lipinski definition) is 6. The lowest BCUT2D eigenvalue weighted by molar-refractivity contribution is -0.143. The number of benzene rings is 1. The van der Waals surface area contributed by atoms with Gasteiger partial charge in [-0.25, -0.2) is 13.2 Å². The molecule has 1 aromatic rings. The van der Waals surface area contributed by atoms with Crippen LogP contribution in [0.1, 0.15) is 44.1 Å². The lowest BCUT2D eigenvalue weighted by Gasteiger charge is -2.19. The maximum Gasteiger partial charge on any atom is 0.331 e. The number of sulfonamides is 1. The highest BCUT2D eigenvalue weighted by Crippen LogP contribution is 2.21. The molecule has 1 N–H and O–H groups in total. The fourth-order valence-electron chi connectivity index (χ4n) is 3.62. The topological polar surface area (TPSA) is 102 Å². The van der Waals surface area contributed by atoms with Crippen LogP contribution < -0.4 is 5.32 Å². The molecule has 1 atom stereocenters. The summed E-state index contributed by atoms with van der Waals surface area (Å²) in [7, 11) is -3.50. The van der Waals surface area contributed by atoms with Gasteiger partial charge in [-0.05, 0) is 49.5 Å². The second-order valence-corrected chi connectivity index (χ2v) is 9.71. The predicted octanol–water partition coefficient (Wildman–Crippen LogP) is 2.10. The molecule has 0 aromatic heterocycles. The predicted molar refractivity (Wildman–Crippen MR) is 116 cm³/mol. The van der Waals surface area contributed by atoms with Crippen molar-refractivity contribution in [1.82, 2.24) is 9.62 Å². The number of carbonyl (C=O) groups is 2. The van der Waals surface area contributed by atoms with Gasteiger partial charge in [0, 0.05) is 32.3 Å². The molecule has 0 saturated carbocycles. The summed E-state index contributed by atoms with van der Waals surface area (Å²) in [5.74, 6) is -1.02. The van der Waals surface area contributed by atoms with E-state index in [0.29, 0.717) is 31.8 Å². The molecule has 2 heterocycles. The normalized spacial score (nSPS) is 20.5. The highest BCUT2D eigenvalue weighted by molar-refractivity contribution is 7.89. The van der Waals surface area contributed by atoms with Crippen LogP contribution in [0.25, 0.3) is 6.08 Å². The molecular weight excluding hydrogens is 420 g/mol. The number of nitrogens with zero attached hydrogens (tertiary/aromatic N) is 1. The van der Waals surface area contributed by atoms with E-state index in [1.54, 1.807) is 28.6 Å². The number of carbonyl (C=O) groups excluding carboxylic acids is 2. The number of esters is 1. The maximum absolute atomic E-state index is 12.8. The van der Waals surface area contributed by atoms with E-state index >= 15 is 0 Å². The van der Waals surface area contributed by atoms with Crippen molar-refractivity contribution >= 4 is 28.0 Å². The Bertz CT molecular complexity index is 868. The van der Waals surface area contributed by atoms with Crippen molar-refractivity contribution in [3.05, 3.63) is 35.9 Å². The van der Waals surface area contributed by atoms with Crippen LogP contribution in [0.15, 0.2) is 35.2 Å². The minimum Gasteiger partial charge on any atom is -0.452 e. The molecular formula is C22H30N2O6S. The molecule has 2 saturated heterocycles. The molecule has 1 unspecified atom stereocenters. The molecule has 2 aliphatic heterocycles. The monoisotopic (exact) mass is 450 g/mol. The Hall–Kier alpha value is -2.23. The number of amides is 1. The van der Waals surface area contributed by atoms with E-state index in [2.05, 4.69) is 5.32 Å². The summed E-state index contributed by atoms with van der Waals surface area (Å²) in [5.41, 5.74) is 0.662. The molecule has 2 fully saturated rings. The minimum atomic E-state index is -3.50. The number of rotatable bonds is 8. The Labute approximate surface area is 183 Å². The first-order chi connectivity index (χ1) is 14.9. The third kappa shape index (κ3) is 7.15. The molecule has 0 aliphatic carbocycles. The Morgan fingerprint density at radius 3 is 2.45 bits per heavy atom. The van der Waals surface area contributed by atoms with Crippen molar-refractivity contribution in [3.63, 3.8) is 0 Å². The molecule has 1 aromatic carbocycles. The summed E-state index contributed by atoms with van der Waals surface area (Å²) in [6.45, 7) is 1.88. The van der Waals surface area contributed by atoms with Crippen LogP contribution in [-0.2, 0) is 29.1 Å². The van der Waals surface area contributed by atoms with Gasteiger partial charge in [-0.2, -0.15) is 4.31 Å². The molecule has 1 amide bonds. The van der Waals surface area contributed by atoms with E-state index in [1.807, 2.05) is 0 Å². The highest BCUT2D eigenvalue weighted by atomic mass is 32.2. The zero-order chi connectivity index (χ0) is 22.1. The Kier molecular flexibility index (Phi) is 8.62. The summed E-state index contributed by atoms with van der Waals surface area (Å²) in [5, 5.41) is 2.68. The number of nitrogens with one attached hydrogen (secondary N) is 1. The molecule has 0 spiro atoms. The fourth-order valence-corrected chi connectivity index (χ4v) is 5.13. The van der Waals surface area contributed by atoms with Gasteiger partial charge in [0.1, 0.15) is 0 Å². The van der Waals surface area contributed by atoms with Crippen molar-refractivity contribution < 1.29 is 27.5 Å².